The van der Waals surface area contributed by atoms with Crippen molar-refractivity contribution in [2.45, 2.75) is 13.8 Å². The maximum atomic E-state index is 11.7. The van der Waals surface area contributed by atoms with Gasteiger partial charge in [-0.1, -0.05) is 0 Å². The molecule has 18 heavy (non-hydrogen) atoms. The molecule has 0 unspecified atom stereocenters. The van der Waals surface area contributed by atoms with Crippen LogP contribution in [0.1, 0.15) is 22.4 Å². The number of carbonyl (C=O) groups excluding carboxylic acids is 1. The third-order valence-corrected chi connectivity index (χ3v) is 2.95. The molecule has 5 heteroatoms. The van der Waals surface area contributed by atoms with Gasteiger partial charge in [0.05, 0.1) is 11.6 Å². The summed E-state index contributed by atoms with van der Waals surface area (Å²) in [6.07, 6.45) is 0. The minimum Gasteiger partial charge on any atom is -0.494 e. The molecular formula is C13H13NO3S. The van der Waals surface area contributed by atoms with Gasteiger partial charge in [0.25, 0.3) is 0 Å². The average Bonchev–Trinajstić information content (AvgIpc) is 2.79. The smallest absolute Gasteiger partial charge is 0.363 e. The summed E-state index contributed by atoms with van der Waals surface area (Å²) in [5.74, 6) is 0.791. The van der Waals surface area contributed by atoms with E-state index in [1.54, 1.807) is 29.6 Å². The lowest BCUT2D eigenvalue weighted by Gasteiger charge is -2.05. The minimum absolute atomic E-state index is 0.339. The Kier molecular flexibility index (Phi) is 3.94. The summed E-state index contributed by atoms with van der Waals surface area (Å²) in [5.41, 5.74) is 0.339. The van der Waals surface area contributed by atoms with Crippen molar-refractivity contribution in [3.63, 3.8) is 0 Å². The molecule has 0 aliphatic carbocycles. The predicted molar refractivity (Wildman–Crippen MR) is 69.4 cm³/mol. The van der Waals surface area contributed by atoms with Gasteiger partial charge in [-0.3, -0.25) is 0 Å². The molecule has 0 aliphatic rings. The number of thiazole rings is 1. The van der Waals surface area contributed by atoms with Gasteiger partial charge in [0.15, 0.2) is 5.69 Å². The molecule has 0 atom stereocenters. The van der Waals surface area contributed by atoms with Gasteiger partial charge in [0, 0.05) is 5.38 Å². The molecule has 0 aliphatic heterocycles. The SMILES string of the molecule is CCOc1ccc(OC(=O)c2csc(C)n2)cc1. The van der Waals surface area contributed by atoms with Crippen molar-refractivity contribution in [2.24, 2.45) is 0 Å². The Balaban J connectivity index is 2.03. The third-order valence-electron chi connectivity index (χ3n) is 2.17. The number of hydrogen-bond donors (Lipinski definition) is 0. The van der Waals surface area contributed by atoms with E-state index < -0.39 is 5.97 Å². The number of nitrogens with zero attached hydrogens (tertiary/aromatic N) is 1. The van der Waals surface area contributed by atoms with Gasteiger partial charge in [-0.05, 0) is 38.1 Å². The average molecular weight is 263 g/mol. The van der Waals surface area contributed by atoms with Crippen LogP contribution in [0.15, 0.2) is 29.6 Å². The maximum absolute atomic E-state index is 11.7. The van der Waals surface area contributed by atoms with E-state index in [1.165, 1.54) is 11.3 Å². The van der Waals surface area contributed by atoms with Crippen LogP contribution in [-0.2, 0) is 0 Å². The van der Waals surface area contributed by atoms with Crippen LogP contribution in [0.25, 0.3) is 0 Å². The number of benzene rings is 1. The maximum Gasteiger partial charge on any atom is 0.363 e. The van der Waals surface area contributed by atoms with Crippen LogP contribution in [0.5, 0.6) is 11.5 Å². The first-order valence-corrected chi connectivity index (χ1v) is 6.44. The Morgan fingerprint density at radius 2 is 1.94 bits per heavy atom. The number of esters is 1. The molecule has 2 aromatic rings. The fourth-order valence-corrected chi connectivity index (χ4v) is 1.97. The number of aryl methyl sites for hydroxylation is 1. The molecule has 0 spiro atoms. The van der Waals surface area contributed by atoms with E-state index in [2.05, 4.69) is 4.98 Å². The highest BCUT2D eigenvalue weighted by Crippen LogP contribution is 2.19. The Morgan fingerprint density at radius 1 is 1.28 bits per heavy atom. The van der Waals surface area contributed by atoms with Gasteiger partial charge >= 0.3 is 5.97 Å². The molecule has 0 amide bonds. The Bertz CT molecular complexity index is 533. The monoisotopic (exact) mass is 263 g/mol. The van der Waals surface area contributed by atoms with Crippen LogP contribution in [0, 0.1) is 6.92 Å². The Labute approximate surface area is 109 Å². The van der Waals surface area contributed by atoms with Crippen molar-refractivity contribution in [1.82, 2.24) is 4.98 Å². The van der Waals surface area contributed by atoms with Crippen LogP contribution in [0.3, 0.4) is 0 Å². The largest absolute Gasteiger partial charge is 0.494 e. The molecule has 1 aromatic heterocycles. The minimum atomic E-state index is -0.441. The molecular weight excluding hydrogens is 250 g/mol. The second-order valence-corrected chi connectivity index (χ2v) is 4.61. The summed E-state index contributed by atoms with van der Waals surface area (Å²) in [5, 5.41) is 2.53. The van der Waals surface area contributed by atoms with Crippen LogP contribution in [0.4, 0.5) is 0 Å². The van der Waals surface area contributed by atoms with Crippen molar-refractivity contribution < 1.29 is 14.3 Å². The number of rotatable bonds is 4. The standard InChI is InChI=1S/C13H13NO3S/c1-3-16-10-4-6-11(7-5-10)17-13(15)12-8-18-9(2)14-12/h4-8H,3H2,1-2H3. The van der Waals surface area contributed by atoms with Gasteiger partial charge in [-0.2, -0.15) is 0 Å². The van der Waals surface area contributed by atoms with E-state index in [-0.39, 0.29) is 0 Å². The second-order valence-electron chi connectivity index (χ2n) is 3.55. The lowest BCUT2D eigenvalue weighted by atomic mass is 10.3. The summed E-state index contributed by atoms with van der Waals surface area (Å²) in [6, 6.07) is 6.92. The number of carbonyl (C=O) groups is 1. The summed E-state index contributed by atoms with van der Waals surface area (Å²) in [7, 11) is 0. The molecule has 0 radical (unpaired) electrons. The van der Waals surface area contributed by atoms with Gasteiger partial charge in [-0.15, -0.1) is 11.3 Å². The van der Waals surface area contributed by atoms with Crippen molar-refractivity contribution in [3.05, 3.63) is 40.3 Å². The zero-order valence-corrected chi connectivity index (χ0v) is 11.0. The zero-order valence-electron chi connectivity index (χ0n) is 10.2. The summed E-state index contributed by atoms with van der Waals surface area (Å²) in [4.78, 5) is 15.8. The van der Waals surface area contributed by atoms with Gasteiger partial charge < -0.3 is 9.47 Å². The molecule has 0 saturated heterocycles. The molecule has 0 fully saturated rings. The number of hydrogen-bond acceptors (Lipinski definition) is 5. The quantitative estimate of drug-likeness (QED) is 0.628. The van der Waals surface area contributed by atoms with Crippen LogP contribution in [-0.4, -0.2) is 17.6 Å². The number of aromatic nitrogens is 1. The van der Waals surface area contributed by atoms with E-state index >= 15 is 0 Å². The number of ether oxygens (including phenoxy) is 2. The molecule has 2 rings (SSSR count). The molecule has 0 saturated carbocycles. The van der Waals surface area contributed by atoms with E-state index in [9.17, 15) is 4.79 Å². The van der Waals surface area contributed by atoms with Crippen molar-refractivity contribution >= 4 is 17.3 Å². The first kappa shape index (κ1) is 12.6. The highest BCUT2D eigenvalue weighted by molar-refractivity contribution is 7.09. The first-order chi connectivity index (χ1) is 8.69. The van der Waals surface area contributed by atoms with E-state index in [4.69, 9.17) is 9.47 Å². The molecule has 1 aromatic carbocycles. The Morgan fingerprint density at radius 3 is 2.50 bits per heavy atom. The van der Waals surface area contributed by atoms with Gasteiger partial charge in [0.1, 0.15) is 11.5 Å². The molecule has 0 bridgehead atoms. The highest BCUT2D eigenvalue weighted by atomic mass is 32.1. The fourth-order valence-electron chi connectivity index (χ4n) is 1.39. The van der Waals surface area contributed by atoms with E-state index in [0.29, 0.717) is 18.1 Å². The van der Waals surface area contributed by atoms with Crippen LogP contribution >= 0.6 is 11.3 Å². The highest BCUT2D eigenvalue weighted by Gasteiger charge is 2.11. The van der Waals surface area contributed by atoms with Gasteiger partial charge in [-0.25, -0.2) is 9.78 Å². The van der Waals surface area contributed by atoms with Crippen molar-refractivity contribution in [3.8, 4) is 11.5 Å². The topological polar surface area (TPSA) is 48.4 Å². The molecule has 4 nitrogen and oxygen atoms in total. The second kappa shape index (κ2) is 5.64. The van der Waals surface area contributed by atoms with Gasteiger partial charge in [0.2, 0.25) is 0 Å². The Hall–Kier alpha value is -1.88. The molecule has 0 N–H and O–H groups in total. The van der Waals surface area contributed by atoms with Crippen molar-refractivity contribution in [1.29, 1.82) is 0 Å². The molecule has 1 heterocycles. The van der Waals surface area contributed by atoms with Crippen LogP contribution in [0.2, 0.25) is 0 Å². The first-order valence-electron chi connectivity index (χ1n) is 5.56. The third kappa shape index (κ3) is 3.07. The normalized spacial score (nSPS) is 10.1. The van der Waals surface area contributed by atoms with E-state index in [0.717, 1.165) is 10.8 Å². The summed E-state index contributed by atoms with van der Waals surface area (Å²) >= 11 is 1.42. The zero-order chi connectivity index (χ0) is 13.0. The van der Waals surface area contributed by atoms with Crippen molar-refractivity contribution in [2.75, 3.05) is 6.61 Å². The molecule has 94 valence electrons. The lowest BCUT2D eigenvalue weighted by Crippen LogP contribution is -2.08. The summed E-state index contributed by atoms with van der Waals surface area (Å²) < 4.78 is 10.5. The fraction of sp³-hybridized carbons (Fsp3) is 0.231. The lowest BCUT2D eigenvalue weighted by molar-refractivity contribution is 0.0729. The summed E-state index contributed by atoms with van der Waals surface area (Å²) in [6.45, 7) is 4.37. The van der Waals surface area contributed by atoms with Crippen LogP contribution < -0.4 is 9.47 Å². The predicted octanol–water partition coefficient (Wildman–Crippen LogP) is 3.07. The van der Waals surface area contributed by atoms with E-state index in [1.807, 2.05) is 13.8 Å².